The van der Waals surface area contributed by atoms with E-state index in [4.69, 9.17) is 0 Å². The van der Waals surface area contributed by atoms with E-state index in [-0.39, 0.29) is 6.10 Å². The van der Waals surface area contributed by atoms with Crippen molar-refractivity contribution in [3.05, 3.63) is 29.8 Å². The van der Waals surface area contributed by atoms with Crippen molar-refractivity contribution in [3.63, 3.8) is 0 Å². The zero-order chi connectivity index (χ0) is 11.4. The molecule has 1 rings (SSSR count). The second kappa shape index (κ2) is 5.57. The third-order valence-corrected chi connectivity index (χ3v) is 4.08. The van der Waals surface area contributed by atoms with Crippen LogP contribution in [0.4, 0.5) is 0 Å². The summed E-state index contributed by atoms with van der Waals surface area (Å²) in [6, 6.07) is 8.18. The number of hydrogen-bond donors (Lipinski definition) is 1. The van der Waals surface area contributed by atoms with E-state index < -0.39 is 0 Å². The van der Waals surface area contributed by atoms with Gasteiger partial charge < -0.3 is 5.11 Å². The summed E-state index contributed by atoms with van der Waals surface area (Å²) in [5.74, 6) is 0.687. The molecule has 1 nitrogen and oxygen atoms in total. The van der Waals surface area contributed by atoms with Gasteiger partial charge in [0.1, 0.15) is 0 Å². The first kappa shape index (κ1) is 12.6. The Bertz CT molecular complexity index is 290. The summed E-state index contributed by atoms with van der Waals surface area (Å²) in [5.41, 5.74) is 0.983. The lowest BCUT2D eigenvalue weighted by Crippen LogP contribution is -2.05. The lowest BCUT2D eigenvalue weighted by Gasteiger charge is -2.15. The standard InChI is InChI=1S/C13H20OS/c1-9(2)11(4)15-13-7-5-12(6-8-13)10(3)14/h5-11,14H,1-4H3. The van der Waals surface area contributed by atoms with Crippen molar-refractivity contribution >= 4 is 11.8 Å². The minimum atomic E-state index is -0.369. The zero-order valence-electron chi connectivity index (χ0n) is 9.90. The molecular weight excluding hydrogens is 204 g/mol. The van der Waals surface area contributed by atoms with Crippen LogP contribution in [0.3, 0.4) is 0 Å². The minimum absolute atomic E-state index is 0.369. The van der Waals surface area contributed by atoms with Gasteiger partial charge in [-0.1, -0.05) is 32.9 Å². The normalized spacial score (nSPS) is 15.3. The Morgan fingerprint density at radius 1 is 1.00 bits per heavy atom. The van der Waals surface area contributed by atoms with Gasteiger partial charge in [-0.15, -0.1) is 11.8 Å². The highest BCUT2D eigenvalue weighted by molar-refractivity contribution is 8.00. The number of benzene rings is 1. The molecule has 15 heavy (non-hydrogen) atoms. The van der Waals surface area contributed by atoms with Gasteiger partial charge in [0.2, 0.25) is 0 Å². The van der Waals surface area contributed by atoms with Gasteiger partial charge in [0, 0.05) is 10.1 Å². The molecule has 2 unspecified atom stereocenters. The molecular formula is C13H20OS. The summed E-state index contributed by atoms with van der Waals surface area (Å²) in [5, 5.41) is 10.0. The molecule has 0 bridgehead atoms. The molecule has 1 N–H and O–H groups in total. The Morgan fingerprint density at radius 3 is 1.93 bits per heavy atom. The molecule has 0 aliphatic rings. The van der Waals surface area contributed by atoms with Crippen LogP contribution in [-0.4, -0.2) is 10.4 Å². The van der Waals surface area contributed by atoms with Crippen molar-refractivity contribution in [3.8, 4) is 0 Å². The highest BCUT2D eigenvalue weighted by atomic mass is 32.2. The maximum absolute atomic E-state index is 9.38. The molecule has 0 saturated carbocycles. The maximum Gasteiger partial charge on any atom is 0.0761 e. The molecule has 0 aliphatic carbocycles. The second-order valence-electron chi connectivity index (χ2n) is 4.31. The average Bonchev–Trinajstić information content (AvgIpc) is 2.18. The highest BCUT2D eigenvalue weighted by Gasteiger charge is 2.08. The number of hydrogen-bond acceptors (Lipinski definition) is 2. The van der Waals surface area contributed by atoms with Gasteiger partial charge in [-0.05, 0) is 30.5 Å². The topological polar surface area (TPSA) is 20.2 Å². The van der Waals surface area contributed by atoms with Gasteiger partial charge in [-0.2, -0.15) is 0 Å². The predicted octanol–water partition coefficient (Wildman–Crippen LogP) is 3.88. The summed E-state index contributed by atoms with van der Waals surface area (Å²) in [4.78, 5) is 1.28. The molecule has 84 valence electrons. The summed E-state index contributed by atoms with van der Waals surface area (Å²) in [6.07, 6.45) is -0.369. The average molecular weight is 224 g/mol. The van der Waals surface area contributed by atoms with Crippen LogP contribution in [0.25, 0.3) is 0 Å². The third-order valence-electron chi connectivity index (χ3n) is 2.62. The van der Waals surface area contributed by atoms with Gasteiger partial charge in [-0.25, -0.2) is 0 Å². The van der Waals surface area contributed by atoms with Crippen molar-refractivity contribution in [2.24, 2.45) is 5.92 Å². The van der Waals surface area contributed by atoms with Crippen molar-refractivity contribution in [1.82, 2.24) is 0 Å². The first-order valence-corrected chi connectivity index (χ1v) is 6.33. The molecule has 1 aromatic rings. The Kier molecular flexibility index (Phi) is 4.68. The number of rotatable bonds is 4. The fourth-order valence-electron chi connectivity index (χ4n) is 1.18. The lowest BCUT2D eigenvalue weighted by atomic mass is 10.1. The number of thioether (sulfide) groups is 1. The first-order chi connectivity index (χ1) is 7.00. The van der Waals surface area contributed by atoms with Crippen LogP contribution in [-0.2, 0) is 0 Å². The van der Waals surface area contributed by atoms with Gasteiger partial charge in [0.05, 0.1) is 6.10 Å². The Hall–Kier alpha value is -0.470. The van der Waals surface area contributed by atoms with E-state index in [1.54, 1.807) is 6.92 Å². The molecule has 2 heteroatoms. The van der Waals surface area contributed by atoms with Crippen LogP contribution >= 0.6 is 11.8 Å². The molecule has 0 aliphatic heterocycles. The summed E-state index contributed by atoms with van der Waals surface area (Å²) >= 11 is 1.89. The third kappa shape index (κ3) is 3.88. The molecule has 0 fully saturated rings. The second-order valence-corrected chi connectivity index (χ2v) is 5.76. The first-order valence-electron chi connectivity index (χ1n) is 5.45. The van der Waals surface area contributed by atoms with E-state index >= 15 is 0 Å². The fraction of sp³-hybridized carbons (Fsp3) is 0.538. The number of aliphatic hydroxyl groups is 1. The van der Waals surface area contributed by atoms with Crippen molar-refractivity contribution in [2.45, 2.75) is 43.9 Å². The van der Waals surface area contributed by atoms with E-state index in [0.29, 0.717) is 11.2 Å². The van der Waals surface area contributed by atoms with Crippen molar-refractivity contribution in [1.29, 1.82) is 0 Å². The zero-order valence-corrected chi connectivity index (χ0v) is 10.7. The van der Waals surface area contributed by atoms with Crippen LogP contribution in [0.15, 0.2) is 29.2 Å². The number of aliphatic hydroxyl groups excluding tert-OH is 1. The van der Waals surface area contributed by atoms with Crippen LogP contribution in [0.5, 0.6) is 0 Å². The molecule has 0 radical (unpaired) electrons. The summed E-state index contributed by atoms with van der Waals surface area (Å²) in [6.45, 7) is 8.51. The quantitative estimate of drug-likeness (QED) is 0.783. The smallest absolute Gasteiger partial charge is 0.0761 e. The van der Waals surface area contributed by atoms with Gasteiger partial charge in [-0.3, -0.25) is 0 Å². The molecule has 0 aromatic heterocycles. The largest absolute Gasteiger partial charge is 0.389 e. The minimum Gasteiger partial charge on any atom is -0.389 e. The van der Waals surface area contributed by atoms with Crippen molar-refractivity contribution in [2.75, 3.05) is 0 Å². The van der Waals surface area contributed by atoms with Crippen LogP contribution < -0.4 is 0 Å². The molecule has 2 atom stereocenters. The molecule has 1 aromatic carbocycles. The predicted molar refractivity (Wildman–Crippen MR) is 67.2 cm³/mol. The fourth-order valence-corrected chi connectivity index (χ4v) is 2.17. The van der Waals surface area contributed by atoms with Crippen LogP contribution in [0, 0.1) is 5.92 Å². The van der Waals surface area contributed by atoms with E-state index in [0.717, 1.165) is 5.56 Å². The molecule has 0 saturated heterocycles. The van der Waals surface area contributed by atoms with E-state index in [1.807, 2.05) is 23.9 Å². The van der Waals surface area contributed by atoms with Gasteiger partial charge in [0.25, 0.3) is 0 Å². The highest BCUT2D eigenvalue weighted by Crippen LogP contribution is 2.28. The maximum atomic E-state index is 9.38. The van der Waals surface area contributed by atoms with Gasteiger partial charge in [0.15, 0.2) is 0 Å². The van der Waals surface area contributed by atoms with E-state index in [1.165, 1.54) is 4.90 Å². The van der Waals surface area contributed by atoms with E-state index in [2.05, 4.69) is 32.9 Å². The monoisotopic (exact) mass is 224 g/mol. The molecule has 0 spiro atoms. The summed E-state index contributed by atoms with van der Waals surface area (Å²) < 4.78 is 0. The van der Waals surface area contributed by atoms with Crippen molar-refractivity contribution < 1.29 is 5.11 Å². The van der Waals surface area contributed by atoms with Crippen LogP contribution in [0.2, 0.25) is 0 Å². The van der Waals surface area contributed by atoms with E-state index in [9.17, 15) is 5.11 Å². The SMILES string of the molecule is CC(O)c1ccc(SC(C)C(C)C)cc1. The Labute approximate surface area is 96.9 Å². The lowest BCUT2D eigenvalue weighted by molar-refractivity contribution is 0.199. The Balaban J connectivity index is 2.64. The molecule has 0 heterocycles. The summed E-state index contributed by atoms with van der Waals surface area (Å²) in [7, 11) is 0. The Morgan fingerprint density at radius 2 is 1.53 bits per heavy atom. The van der Waals surface area contributed by atoms with Crippen LogP contribution in [0.1, 0.15) is 39.4 Å². The van der Waals surface area contributed by atoms with Gasteiger partial charge >= 0.3 is 0 Å². The molecule has 0 amide bonds.